The van der Waals surface area contributed by atoms with Crippen LogP contribution in [0.2, 0.25) is 10.0 Å². The van der Waals surface area contributed by atoms with E-state index in [2.05, 4.69) is 25.3 Å². The van der Waals surface area contributed by atoms with E-state index in [1.165, 1.54) is 35.4 Å². The number of likely N-dealkylation sites (tertiary alicyclic amines) is 2. The molecule has 2 aliphatic rings. The van der Waals surface area contributed by atoms with E-state index < -0.39 is 63.2 Å². The molecule has 27 heteroatoms. The van der Waals surface area contributed by atoms with Gasteiger partial charge in [0.05, 0.1) is 0 Å². The number of sulfone groups is 1. The van der Waals surface area contributed by atoms with Gasteiger partial charge in [0.25, 0.3) is 11.1 Å². The molecule has 0 spiro atoms. The van der Waals surface area contributed by atoms with E-state index in [9.17, 15) is 53.9 Å². The summed E-state index contributed by atoms with van der Waals surface area (Å²) in [4.78, 5) is 66.3. The molecule has 4 aromatic heterocycles. The fraction of sp³-hybridized carbons (Fsp3) is 0.317. The number of hydrogen-bond acceptors (Lipinski definition) is 12. The van der Waals surface area contributed by atoms with Crippen molar-refractivity contribution in [3.8, 4) is 22.3 Å². The molecule has 2 aromatic carbocycles. The van der Waals surface area contributed by atoms with Crippen molar-refractivity contribution in [2.24, 2.45) is 17.2 Å². The van der Waals surface area contributed by atoms with Gasteiger partial charge >= 0.3 is 24.4 Å². The highest BCUT2D eigenvalue weighted by molar-refractivity contribution is 7.90. The van der Waals surface area contributed by atoms with Crippen LogP contribution in [0.5, 0.6) is 0 Å². The molecule has 2 aliphatic heterocycles. The minimum Gasteiger partial charge on any atom is -0.351 e. The SMILES string of the molecule is CS(=O)(=O)c1ncc2cc(-c3ccccc3Cl)c(=O)n(CC(F)(F)F)c2n1.NC(=O)N1CCC(N)C1.NC(=O)N1CCC(Nc2ncc3cc(-c4ccccc4Cl)c(=O)n(CC(F)(F)F)c3n2)C1. The van der Waals surface area contributed by atoms with Crippen molar-refractivity contribution in [3.05, 3.63) is 104 Å². The first kappa shape index (κ1) is 50.8. The Balaban J connectivity index is 0.000000191. The zero-order valence-corrected chi connectivity index (χ0v) is 37.8. The van der Waals surface area contributed by atoms with Crippen molar-refractivity contribution in [1.82, 2.24) is 38.9 Å². The Bertz CT molecular complexity index is 3120. The van der Waals surface area contributed by atoms with Crippen molar-refractivity contribution in [2.45, 2.75) is 55.5 Å². The summed E-state index contributed by atoms with van der Waals surface area (Å²) < 4.78 is 103. The Morgan fingerprint density at radius 1 is 0.721 bits per heavy atom. The molecule has 6 aromatic rings. The second-order valence-electron chi connectivity index (χ2n) is 15.5. The van der Waals surface area contributed by atoms with Crippen molar-refractivity contribution in [3.63, 3.8) is 0 Å². The van der Waals surface area contributed by atoms with Gasteiger partial charge in [0.2, 0.25) is 20.9 Å². The highest BCUT2D eigenvalue weighted by Crippen LogP contribution is 2.30. The second kappa shape index (κ2) is 20.3. The molecular weight excluding hydrogens is 973 g/mol. The van der Waals surface area contributed by atoms with Crippen LogP contribution in [0.25, 0.3) is 44.3 Å². The average molecular weight is 1010 g/mol. The largest absolute Gasteiger partial charge is 0.406 e. The Labute approximate surface area is 391 Å². The number of halogens is 8. The summed E-state index contributed by atoms with van der Waals surface area (Å²) in [5, 5.41) is 3.06. The predicted octanol–water partition coefficient (Wildman–Crippen LogP) is 5.41. The summed E-state index contributed by atoms with van der Waals surface area (Å²) in [6, 6.07) is 14.3. The first-order valence-electron chi connectivity index (χ1n) is 20.0. The summed E-state index contributed by atoms with van der Waals surface area (Å²) in [5.74, 6) is 0.0506. The summed E-state index contributed by atoms with van der Waals surface area (Å²) in [6.07, 6.45) is -4.70. The fourth-order valence-corrected chi connectivity index (χ4v) is 8.17. The number of carbonyl (C=O) groups is 2. The molecule has 2 atom stereocenters. The summed E-state index contributed by atoms with van der Waals surface area (Å²) in [7, 11) is -3.88. The van der Waals surface area contributed by atoms with Gasteiger partial charge in [0.1, 0.15) is 24.4 Å². The number of pyridine rings is 2. The van der Waals surface area contributed by atoms with E-state index in [1.54, 1.807) is 41.3 Å². The number of nitrogens with zero attached hydrogens (tertiary/aromatic N) is 8. The molecule has 2 saturated heterocycles. The second-order valence-corrected chi connectivity index (χ2v) is 18.2. The molecule has 0 aliphatic carbocycles. The first-order chi connectivity index (χ1) is 31.8. The number of carbonyl (C=O) groups excluding carboxylic acids is 2. The van der Waals surface area contributed by atoms with Gasteiger partial charge in [-0.2, -0.15) is 36.3 Å². The van der Waals surface area contributed by atoms with E-state index in [0.29, 0.717) is 40.8 Å². The Morgan fingerprint density at radius 2 is 1.18 bits per heavy atom. The summed E-state index contributed by atoms with van der Waals surface area (Å²) in [5.41, 5.74) is 13.8. The number of nitrogens with two attached hydrogens (primary N) is 3. The summed E-state index contributed by atoms with van der Waals surface area (Å²) in [6.45, 7) is -1.05. The normalized spacial score (nSPS) is 16.3. The number of rotatable bonds is 7. The third-order valence-corrected chi connectivity index (χ3v) is 11.9. The average Bonchev–Trinajstić information content (AvgIpc) is 3.92. The molecule has 6 heterocycles. The van der Waals surface area contributed by atoms with Crippen LogP contribution >= 0.6 is 23.2 Å². The lowest BCUT2D eigenvalue weighted by molar-refractivity contribution is -0.141. The number of benzene rings is 2. The highest BCUT2D eigenvalue weighted by Gasteiger charge is 2.33. The standard InChI is InChI=1S/C20H18ClF3N6O2.C16H11ClF3N3O3S.C5H11N3O/c21-15-4-2-1-3-13(15)14-7-11-8-26-19(27-12-5-6-29(9-12)18(25)32)28-16(11)30(17(14)31)10-20(22,23)24;1-27(25,26)15-21-7-9-6-11(10-4-2-3-5-12(10)17)14(24)23(13(9)22-15)8-16(18,19)20;6-4-1-2-8(3-4)5(7)9/h1-4,7-8,12H,5-6,9-10H2,(H2,25,32)(H,26,27,28);2-7H,8H2,1H3;4H,1-3,6H2,(H2,7,9). The van der Waals surface area contributed by atoms with E-state index in [4.69, 9.17) is 40.4 Å². The highest BCUT2D eigenvalue weighted by atomic mass is 35.5. The number of alkyl halides is 6. The lowest BCUT2D eigenvalue weighted by atomic mass is 10.1. The number of urea groups is 2. The van der Waals surface area contributed by atoms with Crippen LogP contribution in [0.15, 0.2) is 87.8 Å². The molecule has 0 bridgehead atoms. The topological polar surface area (TPSA) is 260 Å². The van der Waals surface area contributed by atoms with E-state index >= 15 is 0 Å². The van der Waals surface area contributed by atoms with Gasteiger partial charge in [0.15, 0.2) is 0 Å². The predicted molar refractivity (Wildman–Crippen MR) is 241 cm³/mol. The number of nitrogens with one attached hydrogen (secondary N) is 1. The van der Waals surface area contributed by atoms with Crippen LogP contribution in [-0.2, 0) is 22.9 Å². The lowest BCUT2D eigenvalue weighted by Crippen LogP contribution is -2.35. The van der Waals surface area contributed by atoms with Crippen molar-refractivity contribution < 1.29 is 44.3 Å². The first-order valence-corrected chi connectivity index (χ1v) is 22.7. The van der Waals surface area contributed by atoms with E-state index in [1.807, 2.05) is 0 Å². The molecule has 68 heavy (non-hydrogen) atoms. The lowest BCUT2D eigenvalue weighted by Gasteiger charge is -2.17. The molecule has 4 amide bonds. The van der Waals surface area contributed by atoms with Gasteiger partial charge < -0.3 is 32.3 Å². The van der Waals surface area contributed by atoms with Crippen LogP contribution in [-0.4, -0.2) is 116 Å². The number of hydrogen-bond donors (Lipinski definition) is 4. The maximum absolute atomic E-state index is 13.3. The van der Waals surface area contributed by atoms with Gasteiger partial charge in [-0.1, -0.05) is 59.6 Å². The van der Waals surface area contributed by atoms with Crippen LogP contribution in [0.3, 0.4) is 0 Å². The van der Waals surface area contributed by atoms with Gasteiger partial charge in [-0.25, -0.2) is 28.0 Å². The van der Waals surface area contributed by atoms with Crippen LogP contribution in [0.1, 0.15) is 12.8 Å². The molecule has 8 rings (SSSR count). The maximum Gasteiger partial charge on any atom is 0.406 e. The monoisotopic (exact) mass is 1010 g/mol. The van der Waals surface area contributed by atoms with E-state index in [-0.39, 0.29) is 67.2 Å². The number of fused-ring (bicyclic) bond motifs is 2. The molecule has 362 valence electrons. The molecule has 18 nitrogen and oxygen atoms in total. The van der Waals surface area contributed by atoms with Crippen LogP contribution in [0.4, 0.5) is 41.9 Å². The molecule has 0 saturated carbocycles. The summed E-state index contributed by atoms with van der Waals surface area (Å²) >= 11 is 12.2. The Hall–Kier alpha value is -6.57. The minimum atomic E-state index is -4.73. The number of amides is 4. The van der Waals surface area contributed by atoms with Crippen LogP contribution in [0, 0.1) is 0 Å². The molecule has 2 fully saturated rings. The van der Waals surface area contributed by atoms with Crippen molar-refractivity contribution >= 4 is 73.1 Å². The Morgan fingerprint density at radius 3 is 1.59 bits per heavy atom. The fourth-order valence-electron chi connectivity index (χ4n) is 7.20. The quantitative estimate of drug-likeness (QED) is 0.116. The number of anilines is 1. The molecule has 0 radical (unpaired) electrons. The number of primary amides is 2. The third kappa shape index (κ3) is 12.5. The van der Waals surface area contributed by atoms with Gasteiger partial charge in [0, 0.05) is 100.0 Å². The molecule has 7 N–H and O–H groups in total. The van der Waals surface area contributed by atoms with Gasteiger partial charge in [-0.3, -0.25) is 18.7 Å². The van der Waals surface area contributed by atoms with Gasteiger partial charge in [-0.05, 0) is 37.1 Å². The van der Waals surface area contributed by atoms with Crippen molar-refractivity contribution in [2.75, 3.05) is 37.8 Å². The molecule has 2 unspecified atom stereocenters. The Kier molecular flexibility index (Phi) is 15.2. The number of aromatic nitrogens is 6. The zero-order valence-electron chi connectivity index (χ0n) is 35.4. The van der Waals surface area contributed by atoms with Crippen LogP contribution < -0.4 is 33.6 Å². The smallest absolute Gasteiger partial charge is 0.351 e. The van der Waals surface area contributed by atoms with Gasteiger partial charge in [-0.15, -0.1) is 0 Å². The molecular formula is C41H40Cl2F6N12O6S. The zero-order chi connectivity index (χ0) is 49.9. The van der Waals surface area contributed by atoms with Crippen molar-refractivity contribution in [1.29, 1.82) is 0 Å². The maximum atomic E-state index is 13.3. The third-order valence-electron chi connectivity index (χ3n) is 10.3. The minimum absolute atomic E-state index is 0.0181. The van der Waals surface area contributed by atoms with E-state index in [0.717, 1.165) is 25.4 Å².